The molecule has 0 aromatic rings. The van der Waals surface area contributed by atoms with Crippen molar-refractivity contribution >= 4 is 10.0 Å². The van der Waals surface area contributed by atoms with Crippen LogP contribution < -0.4 is 0 Å². The van der Waals surface area contributed by atoms with Gasteiger partial charge in [0, 0.05) is 6.54 Å². The number of hydrogen-bond donors (Lipinski definition) is 1. The molecule has 14 heavy (non-hydrogen) atoms. The smallest absolute Gasteiger partial charge is 0.216 e. The second kappa shape index (κ2) is 4.57. The normalized spacial score (nSPS) is 25.6. The van der Waals surface area contributed by atoms with Crippen molar-refractivity contribution in [3.8, 4) is 0 Å². The molecule has 0 spiro atoms. The fourth-order valence-corrected chi connectivity index (χ4v) is 2.80. The summed E-state index contributed by atoms with van der Waals surface area (Å²) in [5.74, 6) is 0. The van der Waals surface area contributed by atoms with E-state index in [1.54, 1.807) is 13.8 Å². The SMILES string of the molecule is CC(C)S(=O)(=O)N1CCOCC1CO. The Labute approximate surface area is 84.7 Å². The Balaban J connectivity index is 2.83. The molecule has 1 saturated heterocycles. The van der Waals surface area contributed by atoms with Crippen LogP contribution in [-0.2, 0) is 14.8 Å². The van der Waals surface area contributed by atoms with Crippen LogP contribution in [0.5, 0.6) is 0 Å². The Morgan fingerprint density at radius 3 is 2.71 bits per heavy atom. The second-order valence-electron chi connectivity index (χ2n) is 3.62. The third kappa shape index (κ3) is 2.25. The lowest BCUT2D eigenvalue weighted by atomic mass is 10.3. The molecule has 0 radical (unpaired) electrons. The van der Waals surface area contributed by atoms with E-state index in [9.17, 15) is 8.42 Å². The zero-order valence-corrected chi connectivity index (χ0v) is 9.33. The molecule has 1 aliphatic rings. The van der Waals surface area contributed by atoms with Gasteiger partial charge < -0.3 is 9.84 Å². The van der Waals surface area contributed by atoms with Crippen molar-refractivity contribution in [3.63, 3.8) is 0 Å². The summed E-state index contributed by atoms with van der Waals surface area (Å²) in [6.07, 6.45) is 0. The zero-order chi connectivity index (χ0) is 10.8. The van der Waals surface area contributed by atoms with Gasteiger partial charge in [0.15, 0.2) is 0 Å². The lowest BCUT2D eigenvalue weighted by Gasteiger charge is -2.34. The number of aliphatic hydroxyl groups excluding tert-OH is 1. The van der Waals surface area contributed by atoms with Gasteiger partial charge in [-0.15, -0.1) is 0 Å². The van der Waals surface area contributed by atoms with Gasteiger partial charge in [-0.1, -0.05) is 0 Å². The molecule has 1 N–H and O–H groups in total. The van der Waals surface area contributed by atoms with Gasteiger partial charge in [0.2, 0.25) is 10.0 Å². The summed E-state index contributed by atoms with van der Waals surface area (Å²) in [5, 5.41) is 8.57. The van der Waals surface area contributed by atoms with Gasteiger partial charge in [-0.2, -0.15) is 4.31 Å². The van der Waals surface area contributed by atoms with Crippen LogP contribution >= 0.6 is 0 Å². The average Bonchev–Trinajstić information content (AvgIpc) is 2.17. The Bertz CT molecular complexity index is 275. The molecule has 0 aromatic carbocycles. The molecule has 1 rings (SSSR count). The van der Waals surface area contributed by atoms with Crippen molar-refractivity contribution in [1.82, 2.24) is 4.31 Å². The molecule has 0 amide bonds. The highest BCUT2D eigenvalue weighted by Crippen LogP contribution is 2.15. The molecule has 0 saturated carbocycles. The monoisotopic (exact) mass is 223 g/mol. The van der Waals surface area contributed by atoms with E-state index in [-0.39, 0.29) is 13.2 Å². The molecule has 0 aliphatic carbocycles. The maximum Gasteiger partial charge on any atom is 0.216 e. The number of morpholine rings is 1. The van der Waals surface area contributed by atoms with Crippen molar-refractivity contribution in [2.24, 2.45) is 0 Å². The van der Waals surface area contributed by atoms with E-state index >= 15 is 0 Å². The van der Waals surface area contributed by atoms with Crippen molar-refractivity contribution in [3.05, 3.63) is 0 Å². The minimum atomic E-state index is -3.27. The Morgan fingerprint density at radius 2 is 2.21 bits per heavy atom. The van der Waals surface area contributed by atoms with Crippen LogP contribution in [0, 0.1) is 0 Å². The Morgan fingerprint density at radius 1 is 1.57 bits per heavy atom. The van der Waals surface area contributed by atoms with Gasteiger partial charge in [0.1, 0.15) is 0 Å². The van der Waals surface area contributed by atoms with Gasteiger partial charge in [-0.3, -0.25) is 0 Å². The lowest BCUT2D eigenvalue weighted by Crippen LogP contribution is -2.52. The van der Waals surface area contributed by atoms with Crippen molar-refractivity contribution < 1.29 is 18.3 Å². The summed E-state index contributed by atoms with van der Waals surface area (Å²) in [7, 11) is -3.27. The van der Waals surface area contributed by atoms with E-state index in [0.29, 0.717) is 13.2 Å². The minimum Gasteiger partial charge on any atom is -0.395 e. The summed E-state index contributed by atoms with van der Waals surface area (Å²) in [5.41, 5.74) is 0. The Kier molecular flexibility index (Phi) is 3.88. The van der Waals surface area contributed by atoms with Gasteiger partial charge in [-0.05, 0) is 13.8 Å². The first kappa shape index (κ1) is 11.9. The maximum absolute atomic E-state index is 11.8. The van der Waals surface area contributed by atoms with E-state index in [2.05, 4.69) is 0 Å². The predicted octanol–water partition coefficient (Wildman–Crippen LogP) is -0.582. The molecule has 0 bridgehead atoms. The summed E-state index contributed by atoms with van der Waals surface area (Å²) in [6, 6.07) is -0.420. The first-order valence-electron chi connectivity index (χ1n) is 4.69. The highest BCUT2D eigenvalue weighted by molar-refractivity contribution is 7.89. The molecular formula is C8H17NO4S. The van der Waals surface area contributed by atoms with Crippen LogP contribution in [-0.4, -0.2) is 55.5 Å². The van der Waals surface area contributed by atoms with Crippen LogP contribution in [0.15, 0.2) is 0 Å². The number of nitrogens with zero attached hydrogens (tertiary/aromatic N) is 1. The second-order valence-corrected chi connectivity index (χ2v) is 6.06. The number of sulfonamides is 1. The topological polar surface area (TPSA) is 66.8 Å². The Hall–Kier alpha value is -0.170. The standard InChI is InChI=1S/C8H17NO4S/c1-7(2)14(11,12)9-3-4-13-6-8(9)5-10/h7-8,10H,3-6H2,1-2H3. The molecule has 6 heteroatoms. The van der Waals surface area contributed by atoms with E-state index in [0.717, 1.165) is 0 Å². The molecular weight excluding hydrogens is 206 g/mol. The molecule has 0 aromatic heterocycles. The summed E-state index contributed by atoms with van der Waals surface area (Å²) in [4.78, 5) is 0. The molecule has 84 valence electrons. The first-order valence-corrected chi connectivity index (χ1v) is 6.19. The molecule has 1 fully saturated rings. The van der Waals surface area contributed by atoms with Crippen LogP contribution in [0.3, 0.4) is 0 Å². The van der Waals surface area contributed by atoms with Crippen LogP contribution in [0.4, 0.5) is 0 Å². The van der Waals surface area contributed by atoms with Crippen molar-refractivity contribution in [1.29, 1.82) is 0 Å². The number of ether oxygens (including phenoxy) is 1. The molecule has 1 heterocycles. The van der Waals surface area contributed by atoms with Gasteiger partial charge >= 0.3 is 0 Å². The highest BCUT2D eigenvalue weighted by Gasteiger charge is 2.34. The van der Waals surface area contributed by atoms with Crippen molar-refractivity contribution in [2.45, 2.75) is 25.1 Å². The fourth-order valence-electron chi connectivity index (χ4n) is 1.39. The zero-order valence-electron chi connectivity index (χ0n) is 8.51. The van der Waals surface area contributed by atoms with E-state index in [1.807, 2.05) is 0 Å². The largest absolute Gasteiger partial charge is 0.395 e. The molecule has 1 atom stereocenters. The third-order valence-corrected chi connectivity index (χ3v) is 4.63. The predicted molar refractivity (Wildman–Crippen MR) is 52.5 cm³/mol. The third-order valence-electron chi connectivity index (χ3n) is 2.31. The van der Waals surface area contributed by atoms with E-state index in [1.165, 1.54) is 4.31 Å². The first-order chi connectivity index (χ1) is 6.50. The van der Waals surface area contributed by atoms with Crippen LogP contribution in [0.2, 0.25) is 0 Å². The molecule has 5 nitrogen and oxygen atoms in total. The van der Waals surface area contributed by atoms with Crippen LogP contribution in [0.1, 0.15) is 13.8 Å². The number of aliphatic hydroxyl groups is 1. The maximum atomic E-state index is 11.8. The summed E-state index contributed by atoms with van der Waals surface area (Å²) in [6.45, 7) is 4.11. The van der Waals surface area contributed by atoms with Crippen molar-refractivity contribution in [2.75, 3.05) is 26.4 Å². The highest BCUT2D eigenvalue weighted by atomic mass is 32.2. The van der Waals surface area contributed by atoms with E-state index < -0.39 is 21.3 Å². The van der Waals surface area contributed by atoms with Gasteiger partial charge in [-0.25, -0.2) is 8.42 Å². The molecule has 1 aliphatic heterocycles. The van der Waals surface area contributed by atoms with Gasteiger partial charge in [0.25, 0.3) is 0 Å². The van der Waals surface area contributed by atoms with Crippen LogP contribution in [0.25, 0.3) is 0 Å². The minimum absolute atomic E-state index is 0.189. The number of hydrogen-bond acceptors (Lipinski definition) is 4. The molecule has 1 unspecified atom stereocenters. The van der Waals surface area contributed by atoms with E-state index in [4.69, 9.17) is 9.84 Å². The summed E-state index contributed by atoms with van der Waals surface area (Å²) < 4.78 is 30.1. The van der Waals surface area contributed by atoms with Gasteiger partial charge in [0.05, 0.1) is 31.1 Å². The fraction of sp³-hybridized carbons (Fsp3) is 1.00. The number of rotatable bonds is 3. The average molecular weight is 223 g/mol. The summed E-state index contributed by atoms with van der Waals surface area (Å²) >= 11 is 0. The lowest BCUT2D eigenvalue weighted by molar-refractivity contribution is 0.0106. The quantitative estimate of drug-likeness (QED) is 0.695.